The van der Waals surface area contributed by atoms with Crippen molar-refractivity contribution in [3.8, 4) is 0 Å². The van der Waals surface area contributed by atoms with E-state index in [1.54, 1.807) is 13.8 Å². The van der Waals surface area contributed by atoms with Gasteiger partial charge in [0.2, 0.25) is 6.10 Å². The molecule has 0 aromatic rings. The van der Waals surface area contributed by atoms with E-state index in [-0.39, 0.29) is 35.3 Å². The molecule has 1 saturated carbocycles. The van der Waals surface area contributed by atoms with Crippen molar-refractivity contribution < 1.29 is 28.6 Å². The molecule has 8 nitrogen and oxygen atoms in total. The van der Waals surface area contributed by atoms with E-state index in [0.29, 0.717) is 6.54 Å². The number of hydrogen-bond donors (Lipinski definition) is 2. The number of cyclic esters (lactones) is 2. The van der Waals surface area contributed by atoms with Crippen molar-refractivity contribution in [3.63, 3.8) is 0 Å². The summed E-state index contributed by atoms with van der Waals surface area (Å²) in [6.45, 7) is 10.3. The second kappa shape index (κ2) is 7.66. The third kappa shape index (κ3) is 5.57. The Morgan fingerprint density at radius 1 is 1.26 bits per heavy atom. The molecule has 154 valence electrons. The van der Waals surface area contributed by atoms with Crippen molar-refractivity contribution >= 4 is 18.0 Å². The van der Waals surface area contributed by atoms with Gasteiger partial charge in [-0.05, 0) is 43.9 Å². The zero-order valence-electron chi connectivity index (χ0n) is 17.1. The lowest BCUT2D eigenvalue weighted by Crippen LogP contribution is -2.54. The van der Waals surface area contributed by atoms with E-state index in [4.69, 9.17) is 9.47 Å². The summed E-state index contributed by atoms with van der Waals surface area (Å²) in [6.07, 6.45) is 0.792. The van der Waals surface area contributed by atoms with Gasteiger partial charge in [0.1, 0.15) is 12.2 Å². The maximum atomic E-state index is 12.5. The zero-order chi connectivity index (χ0) is 20.5. The summed E-state index contributed by atoms with van der Waals surface area (Å²) in [4.78, 5) is 35.7. The third-order valence-corrected chi connectivity index (χ3v) is 5.41. The van der Waals surface area contributed by atoms with Crippen LogP contribution >= 0.6 is 0 Å². The molecule has 1 saturated heterocycles. The van der Waals surface area contributed by atoms with Gasteiger partial charge in [-0.15, -0.1) is 0 Å². The first-order valence-corrected chi connectivity index (χ1v) is 9.33. The molecule has 1 aliphatic carbocycles. The number of rotatable bonds is 6. The number of nitrogens with one attached hydrogen (secondary N) is 2. The minimum Gasteiger partial charge on any atom is -0.430 e. The summed E-state index contributed by atoms with van der Waals surface area (Å²) in [5.41, 5.74) is -1.08. The van der Waals surface area contributed by atoms with Crippen molar-refractivity contribution in [1.29, 1.82) is 0 Å². The van der Waals surface area contributed by atoms with E-state index in [1.165, 1.54) is 7.11 Å². The van der Waals surface area contributed by atoms with Crippen LogP contribution in [0.5, 0.6) is 0 Å². The maximum absolute atomic E-state index is 12.5. The van der Waals surface area contributed by atoms with Gasteiger partial charge in [0.05, 0.1) is 0 Å². The molecular formula is C19H32N2O6. The Morgan fingerprint density at radius 2 is 1.93 bits per heavy atom. The molecule has 0 aromatic carbocycles. The Kier molecular flexibility index (Phi) is 6.09. The molecule has 2 N–H and O–H groups in total. The first-order valence-electron chi connectivity index (χ1n) is 9.33. The van der Waals surface area contributed by atoms with Crippen LogP contribution in [0.4, 0.5) is 4.79 Å². The van der Waals surface area contributed by atoms with Gasteiger partial charge in [-0.3, -0.25) is 9.59 Å². The minimum atomic E-state index is -0.893. The Morgan fingerprint density at radius 3 is 2.48 bits per heavy atom. The molecule has 27 heavy (non-hydrogen) atoms. The van der Waals surface area contributed by atoms with Crippen molar-refractivity contribution in [3.05, 3.63) is 0 Å². The maximum Gasteiger partial charge on any atom is 0.509 e. The first-order chi connectivity index (χ1) is 12.4. The smallest absolute Gasteiger partial charge is 0.430 e. The summed E-state index contributed by atoms with van der Waals surface area (Å²) >= 11 is 0. The van der Waals surface area contributed by atoms with E-state index in [0.717, 1.165) is 19.3 Å². The molecule has 0 aromatic heterocycles. The zero-order valence-corrected chi connectivity index (χ0v) is 17.1. The number of hydrogen-bond acceptors (Lipinski definition) is 6. The van der Waals surface area contributed by atoms with Crippen molar-refractivity contribution in [2.24, 2.45) is 10.8 Å². The van der Waals surface area contributed by atoms with E-state index in [1.807, 2.05) is 0 Å². The molecule has 2 amide bonds. The summed E-state index contributed by atoms with van der Waals surface area (Å²) in [6, 6.07) is -0.00906. The lowest BCUT2D eigenvalue weighted by atomic mass is 9.62. The number of methoxy groups -OCH3 is 1. The molecule has 2 aliphatic rings. The molecule has 3 unspecified atom stereocenters. The molecule has 0 bridgehead atoms. The van der Waals surface area contributed by atoms with Crippen LogP contribution in [0.3, 0.4) is 0 Å². The Balaban J connectivity index is 1.99. The van der Waals surface area contributed by atoms with Crippen LogP contribution in [-0.4, -0.2) is 56.0 Å². The fourth-order valence-corrected chi connectivity index (χ4v) is 4.19. The normalized spacial score (nSPS) is 30.2. The standard InChI is InChI=1S/C19H32N2O6/c1-17(2)7-12(21-15(23)18(3,4)25-6)8-19(5,10-17)11-20-14(22)13-9-26-16(24)27-13/h12-13H,7-11H2,1-6H3,(H,20,22)(H,21,23). The van der Waals surface area contributed by atoms with Crippen LogP contribution in [0.1, 0.15) is 53.9 Å². The molecule has 1 heterocycles. The predicted octanol–water partition coefficient (Wildman–Crippen LogP) is 1.76. The molecule has 8 heteroatoms. The van der Waals surface area contributed by atoms with Gasteiger partial charge in [0.15, 0.2) is 0 Å². The number of amides is 2. The van der Waals surface area contributed by atoms with E-state index in [9.17, 15) is 14.4 Å². The number of carbonyl (C=O) groups excluding carboxylic acids is 3. The lowest BCUT2D eigenvalue weighted by Gasteiger charge is -2.47. The monoisotopic (exact) mass is 384 g/mol. The van der Waals surface area contributed by atoms with Gasteiger partial charge in [-0.2, -0.15) is 0 Å². The summed E-state index contributed by atoms with van der Waals surface area (Å²) in [5, 5.41) is 5.98. The number of carbonyl (C=O) groups is 3. The molecule has 0 radical (unpaired) electrons. The highest BCUT2D eigenvalue weighted by molar-refractivity contribution is 5.85. The summed E-state index contributed by atoms with van der Waals surface area (Å²) < 4.78 is 14.7. The molecular weight excluding hydrogens is 352 g/mol. The van der Waals surface area contributed by atoms with Crippen LogP contribution in [0.15, 0.2) is 0 Å². The average Bonchev–Trinajstić information content (AvgIpc) is 2.97. The Labute approximate surface area is 160 Å². The van der Waals surface area contributed by atoms with Crippen LogP contribution in [-0.2, 0) is 23.8 Å². The first kappa shape index (κ1) is 21.5. The third-order valence-electron chi connectivity index (χ3n) is 5.41. The average molecular weight is 384 g/mol. The number of ether oxygens (including phenoxy) is 3. The predicted molar refractivity (Wildman–Crippen MR) is 98.0 cm³/mol. The lowest BCUT2D eigenvalue weighted by molar-refractivity contribution is -0.141. The van der Waals surface area contributed by atoms with Gasteiger partial charge in [-0.25, -0.2) is 4.79 Å². The highest BCUT2D eigenvalue weighted by atomic mass is 16.8. The van der Waals surface area contributed by atoms with Crippen molar-refractivity contribution in [2.45, 2.75) is 71.6 Å². The molecule has 0 spiro atoms. The molecule has 2 fully saturated rings. The highest BCUT2D eigenvalue weighted by Gasteiger charge is 2.43. The topological polar surface area (TPSA) is 103 Å². The van der Waals surface area contributed by atoms with Crippen LogP contribution in [0, 0.1) is 10.8 Å². The second-order valence-corrected chi connectivity index (χ2v) is 9.33. The minimum absolute atomic E-state index is 0.00906. The SMILES string of the molecule is COC(C)(C)C(=O)NC1CC(C)(C)CC(C)(CNC(=O)C2COC(=O)O2)C1. The molecule has 3 atom stereocenters. The van der Waals surface area contributed by atoms with Gasteiger partial charge in [-0.1, -0.05) is 20.8 Å². The Hall–Kier alpha value is -1.83. The largest absolute Gasteiger partial charge is 0.509 e. The van der Waals surface area contributed by atoms with E-state index in [2.05, 4.69) is 36.1 Å². The van der Waals surface area contributed by atoms with Gasteiger partial charge in [0, 0.05) is 19.7 Å². The Bertz CT molecular complexity index is 603. The van der Waals surface area contributed by atoms with Crippen molar-refractivity contribution in [1.82, 2.24) is 10.6 Å². The quantitative estimate of drug-likeness (QED) is 0.677. The second-order valence-electron chi connectivity index (χ2n) is 9.33. The van der Waals surface area contributed by atoms with E-state index < -0.39 is 17.9 Å². The van der Waals surface area contributed by atoms with Crippen LogP contribution in [0.2, 0.25) is 0 Å². The van der Waals surface area contributed by atoms with Crippen LogP contribution in [0.25, 0.3) is 0 Å². The van der Waals surface area contributed by atoms with Crippen molar-refractivity contribution in [2.75, 3.05) is 20.3 Å². The molecule has 2 rings (SSSR count). The van der Waals surface area contributed by atoms with Gasteiger partial charge in [0.25, 0.3) is 11.8 Å². The highest BCUT2D eigenvalue weighted by Crippen LogP contribution is 2.45. The fraction of sp³-hybridized carbons (Fsp3) is 0.842. The summed E-state index contributed by atoms with van der Waals surface area (Å²) in [5.74, 6) is -0.499. The van der Waals surface area contributed by atoms with Gasteiger partial charge >= 0.3 is 6.16 Å². The van der Waals surface area contributed by atoms with Gasteiger partial charge < -0.3 is 24.8 Å². The van der Waals surface area contributed by atoms with Crippen LogP contribution < -0.4 is 10.6 Å². The summed E-state index contributed by atoms with van der Waals surface area (Å²) in [7, 11) is 1.52. The molecule has 1 aliphatic heterocycles. The fourth-order valence-electron chi connectivity index (χ4n) is 4.19. The van der Waals surface area contributed by atoms with E-state index >= 15 is 0 Å².